The summed E-state index contributed by atoms with van der Waals surface area (Å²) in [4.78, 5) is 0. The number of rotatable bonds is 7. The maximum absolute atomic E-state index is 5.50. The summed E-state index contributed by atoms with van der Waals surface area (Å²) in [5, 5.41) is 0.812. The Hall–Kier alpha value is 0.310. The van der Waals surface area contributed by atoms with E-state index in [0.29, 0.717) is 0 Å². The van der Waals surface area contributed by atoms with Crippen molar-refractivity contribution in [3.8, 4) is 0 Å². The van der Waals surface area contributed by atoms with Gasteiger partial charge in [0.25, 0.3) is 0 Å². The van der Waals surface area contributed by atoms with E-state index in [1.54, 1.807) is 0 Å². The van der Waals surface area contributed by atoms with Crippen molar-refractivity contribution in [2.45, 2.75) is 44.8 Å². The standard InChI is InChI=1S/C9H21NS/c1-3-5-8-11-9(4-2)6-7-10/h9H,3-8,10H2,1-2H3. The maximum atomic E-state index is 5.50. The number of hydrogen-bond donors (Lipinski definition) is 1. The van der Waals surface area contributed by atoms with Gasteiger partial charge in [0.2, 0.25) is 0 Å². The van der Waals surface area contributed by atoms with Crippen LogP contribution in [0.1, 0.15) is 39.5 Å². The van der Waals surface area contributed by atoms with Crippen molar-refractivity contribution in [3.05, 3.63) is 0 Å². The van der Waals surface area contributed by atoms with Crippen LogP contribution in [-0.4, -0.2) is 17.5 Å². The molecule has 0 fully saturated rings. The zero-order valence-corrected chi connectivity index (χ0v) is 8.62. The summed E-state index contributed by atoms with van der Waals surface area (Å²) in [6.07, 6.45) is 5.12. The third-order valence-corrected chi connectivity index (χ3v) is 3.36. The van der Waals surface area contributed by atoms with Crippen LogP contribution in [0.2, 0.25) is 0 Å². The van der Waals surface area contributed by atoms with Gasteiger partial charge in [-0.1, -0.05) is 20.3 Å². The van der Waals surface area contributed by atoms with Gasteiger partial charge in [0.1, 0.15) is 0 Å². The summed E-state index contributed by atoms with van der Waals surface area (Å²) in [7, 11) is 0. The minimum absolute atomic E-state index is 0.812. The fourth-order valence-corrected chi connectivity index (χ4v) is 2.31. The van der Waals surface area contributed by atoms with E-state index in [4.69, 9.17) is 5.73 Å². The summed E-state index contributed by atoms with van der Waals surface area (Å²) < 4.78 is 0. The number of unbranched alkanes of at least 4 members (excludes halogenated alkanes) is 1. The Bertz CT molecular complexity index is 76.0. The first kappa shape index (κ1) is 11.3. The Balaban J connectivity index is 3.20. The normalized spacial score (nSPS) is 13.4. The van der Waals surface area contributed by atoms with Gasteiger partial charge in [-0.15, -0.1) is 0 Å². The smallest absolute Gasteiger partial charge is 0.00564 e. The van der Waals surface area contributed by atoms with Gasteiger partial charge in [0.05, 0.1) is 0 Å². The summed E-state index contributed by atoms with van der Waals surface area (Å²) in [5.41, 5.74) is 5.50. The van der Waals surface area contributed by atoms with Crippen molar-refractivity contribution in [3.63, 3.8) is 0 Å². The fourth-order valence-electron chi connectivity index (χ4n) is 0.986. The molecule has 0 aliphatic rings. The molecule has 0 spiro atoms. The van der Waals surface area contributed by atoms with Gasteiger partial charge in [-0.3, -0.25) is 0 Å². The molecule has 0 rings (SSSR count). The third kappa shape index (κ3) is 6.70. The van der Waals surface area contributed by atoms with Crippen molar-refractivity contribution in [2.75, 3.05) is 12.3 Å². The minimum Gasteiger partial charge on any atom is -0.330 e. The second-order valence-corrected chi connectivity index (χ2v) is 4.24. The van der Waals surface area contributed by atoms with E-state index < -0.39 is 0 Å². The molecule has 0 saturated heterocycles. The second kappa shape index (κ2) is 8.41. The van der Waals surface area contributed by atoms with Crippen molar-refractivity contribution in [1.29, 1.82) is 0 Å². The average Bonchev–Trinajstić information content (AvgIpc) is 2.03. The molecule has 0 aliphatic heterocycles. The van der Waals surface area contributed by atoms with Crippen LogP contribution in [-0.2, 0) is 0 Å². The van der Waals surface area contributed by atoms with Crippen molar-refractivity contribution >= 4 is 11.8 Å². The second-order valence-electron chi connectivity index (χ2n) is 2.83. The Morgan fingerprint density at radius 1 is 1.36 bits per heavy atom. The molecule has 0 aromatic rings. The lowest BCUT2D eigenvalue weighted by molar-refractivity contribution is 0.743. The molecule has 2 N–H and O–H groups in total. The van der Waals surface area contributed by atoms with E-state index in [1.165, 1.54) is 31.4 Å². The molecule has 0 aromatic heterocycles. The Labute approximate surface area is 75.1 Å². The van der Waals surface area contributed by atoms with Crippen LogP contribution >= 0.6 is 11.8 Å². The lowest BCUT2D eigenvalue weighted by Gasteiger charge is -2.12. The van der Waals surface area contributed by atoms with E-state index in [0.717, 1.165) is 11.8 Å². The summed E-state index contributed by atoms with van der Waals surface area (Å²) >= 11 is 2.09. The molecule has 0 aliphatic carbocycles. The first-order chi connectivity index (χ1) is 5.35. The zero-order chi connectivity index (χ0) is 8.53. The van der Waals surface area contributed by atoms with Crippen LogP contribution in [0.4, 0.5) is 0 Å². The molecule has 1 unspecified atom stereocenters. The van der Waals surface area contributed by atoms with E-state index in [2.05, 4.69) is 25.6 Å². The van der Waals surface area contributed by atoms with Crippen LogP contribution in [0, 0.1) is 0 Å². The molecule has 0 saturated carbocycles. The summed E-state index contributed by atoms with van der Waals surface area (Å²) in [5.74, 6) is 1.31. The van der Waals surface area contributed by atoms with Crippen molar-refractivity contribution in [1.82, 2.24) is 0 Å². The van der Waals surface area contributed by atoms with Gasteiger partial charge in [-0.25, -0.2) is 0 Å². The van der Waals surface area contributed by atoms with E-state index in [1.807, 2.05) is 0 Å². The van der Waals surface area contributed by atoms with Crippen molar-refractivity contribution < 1.29 is 0 Å². The van der Waals surface area contributed by atoms with Crippen molar-refractivity contribution in [2.24, 2.45) is 5.73 Å². The van der Waals surface area contributed by atoms with E-state index in [9.17, 15) is 0 Å². The van der Waals surface area contributed by atoms with Gasteiger partial charge in [-0.2, -0.15) is 11.8 Å². The van der Waals surface area contributed by atoms with Crippen LogP contribution in [0.15, 0.2) is 0 Å². The number of hydrogen-bond acceptors (Lipinski definition) is 2. The lowest BCUT2D eigenvalue weighted by atomic mass is 10.2. The molecule has 0 bridgehead atoms. The monoisotopic (exact) mass is 175 g/mol. The highest BCUT2D eigenvalue weighted by Gasteiger charge is 2.03. The highest BCUT2D eigenvalue weighted by molar-refractivity contribution is 7.99. The molecule has 2 heteroatoms. The number of thioether (sulfide) groups is 1. The van der Waals surface area contributed by atoms with Crippen LogP contribution in [0.25, 0.3) is 0 Å². The van der Waals surface area contributed by atoms with Gasteiger partial charge in [0, 0.05) is 5.25 Å². The summed E-state index contributed by atoms with van der Waals surface area (Å²) in [6.45, 7) is 5.33. The highest BCUT2D eigenvalue weighted by atomic mass is 32.2. The minimum atomic E-state index is 0.812. The van der Waals surface area contributed by atoms with Gasteiger partial charge < -0.3 is 5.73 Å². The highest BCUT2D eigenvalue weighted by Crippen LogP contribution is 2.18. The first-order valence-electron chi connectivity index (χ1n) is 4.66. The predicted molar refractivity (Wildman–Crippen MR) is 55.1 cm³/mol. The van der Waals surface area contributed by atoms with Crippen LogP contribution < -0.4 is 5.73 Å². The average molecular weight is 175 g/mol. The molecule has 11 heavy (non-hydrogen) atoms. The number of nitrogens with two attached hydrogens (primary N) is 1. The lowest BCUT2D eigenvalue weighted by Crippen LogP contribution is -2.10. The van der Waals surface area contributed by atoms with E-state index >= 15 is 0 Å². The van der Waals surface area contributed by atoms with Gasteiger partial charge in [-0.05, 0) is 31.6 Å². The molecule has 68 valence electrons. The fraction of sp³-hybridized carbons (Fsp3) is 1.00. The molecule has 0 aromatic carbocycles. The molecular weight excluding hydrogens is 154 g/mol. The molecule has 0 amide bonds. The van der Waals surface area contributed by atoms with E-state index in [-0.39, 0.29) is 0 Å². The molecule has 0 heterocycles. The topological polar surface area (TPSA) is 26.0 Å². The largest absolute Gasteiger partial charge is 0.330 e. The Kier molecular flexibility index (Phi) is 8.64. The molecule has 1 nitrogen and oxygen atoms in total. The molecular formula is C9H21NS. The van der Waals surface area contributed by atoms with Crippen LogP contribution in [0.5, 0.6) is 0 Å². The SMILES string of the molecule is CCCCSC(CC)CCN. The first-order valence-corrected chi connectivity index (χ1v) is 5.71. The third-order valence-electron chi connectivity index (χ3n) is 1.80. The molecule has 1 atom stereocenters. The predicted octanol–water partition coefficient (Wildman–Crippen LogP) is 2.65. The zero-order valence-electron chi connectivity index (χ0n) is 7.81. The summed E-state index contributed by atoms with van der Waals surface area (Å²) in [6, 6.07) is 0. The van der Waals surface area contributed by atoms with Crippen LogP contribution in [0.3, 0.4) is 0 Å². The van der Waals surface area contributed by atoms with Gasteiger partial charge in [0.15, 0.2) is 0 Å². The molecule has 0 radical (unpaired) electrons. The Morgan fingerprint density at radius 2 is 2.09 bits per heavy atom. The quantitative estimate of drug-likeness (QED) is 0.602. The van der Waals surface area contributed by atoms with Gasteiger partial charge >= 0.3 is 0 Å². The Morgan fingerprint density at radius 3 is 2.55 bits per heavy atom. The maximum Gasteiger partial charge on any atom is 0.00564 e.